The van der Waals surface area contributed by atoms with E-state index in [4.69, 9.17) is 14.2 Å². The molecule has 0 bridgehead atoms. The Balaban J connectivity index is 1.23. The Kier molecular flexibility index (Phi) is 6.58. The molecule has 5 rings (SSSR count). The molecule has 1 saturated carbocycles. The van der Waals surface area contributed by atoms with Crippen molar-refractivity contribution in [2.24, 2.45) is 0 Å². The minimum atomic E-state index is -1.24. The number of anilines is 1. The number of nitrogens with zero attached hydrogens (tertiary/aromatic N) is 4. The van der Waals surface area contributed by atoms with Crippen LogP contribution in [0.5, 0.6) is 0 Å². The zero-order valence-corrected chi connectivity index (χ0v) is 18.3. The Morgan fingerprint density at radius 3 is 2.76 bits per heavy atom. The molecule has 1 aliphatic carbocycles. The highest BCUT2D eigenvalue weighted by atomic mass is 16.6. The number of carbonyl (C=O) groups excluding carboxylic acids is 1. The van der Waals surface area contributed by atoms with Crippen molar-refractivity contribution in [1.29, 1.82) is 0 Å². The summed E-state index contributed by atoms with van der Waals surface area (Å²) in [5.41, 5.74) is 0.987. The molecule has 33 heavy (non-hydrogen) atoms. The maximum absolute atomic E-state index is 12.1. The number of hydrogen-bond acceptors (Lipinski definition) is 10. The number of imidazole rings is 1. The van der Waals surface area contributed by atoms with E-state index in [1.54, 1.807) is 4.57 Å². The van der Waals surface area contributed by atoms with E-state index in [1.165, 1.54) is 19.1 Å². The van der Waals surface area contributed by atoms with Gasteiger partial charge in [0, 0.05) is 12.6 Å². The van der Waals surface area contributed by atoms with Gasteiger partial charge in [-0.15, -0.1) is 0 Å². The van der Waals surface area contributed by atoms with E-state index in [-0.39, 0.29) is 18.7 Å². The number of hydrogen-bond donors (Lipinski definition) is 4. The molecular formula is C21H30N6O6. The highest BCUT2D eigenvalue weighted by molar-refractivity contribution is 5.82. The van der Waals surface area contributed by atoms with E-state index in [1.807, 2.05) is 0 Å². The number of aromatic nitrogens is 4. The monoisotopic (exact) mass is 462 g/mol. The van der Waals surface area contributed by atoms with E-state index in [0.29, 0.717) is 30.2 Å². The molecule has 2 saturated heterocycles. The fraction of sp³-hybridized carbons (Fsp3) is 0.714. The zero-order valence-electron chi connectivity index (χ0n) is 18.3. The van der Waals surface area contributed by atoms with E-state index in [0.717, 1.165) is 32.1 Å². The van der Waals surface area contributed by atoms with Gasteiger partial charge in [0.05, 0.1) is 19.0 Å². The van der Waals surface area contributed by atoms with Gasteiger partial charge in [0.1, 0.15) is 31.2 Å². The molecule has 4 N–H and O–H groups in total. The third kappa shape index (κ3) is 4.74. The molecule has 2 unspecified atom stereocenters. The molecule has 0 aromatic carbocycles. The molecule has 0 radical (unpaired) electrons. The van der Waals surface area contributed by atoms with Crippen molar-refractivity contribution in [2.45, 2.75) is 75.1 Å². The molecule has 5 atom stereocenters. The molecule has 2 aromatic heterocycles. The number of aliphatic hydroxyl groups is 2. The van der Waals surface area contributed by atoms with E-state index < -0.39 is 30.6 Å². The number of alkyl carbamates (subject to hydrolysis) is 1. The summed E-state index contributed by atoms with van der Waals surface area (Å²) in [6.07, 6.45) is 4.22. The summed E-state index contributed by atoms with van der Waals surface area (Å²) in [5, 5.41) is 27.3. The van der Waals surface area contributed by atoms with Gasteiger partial charge < -0.3 is 35.1 Å². The lowest BCUT2D eigenvalue weighted by Crippen LogP contribution is -2.39. The van der Waals surface area contributed by atoms with Gasteiger partial charge >= 0.3 is 6.09 Å². The number of nitrogens with one attached hydrogen (secondary N) is 2. The van der Waals surface area contributed by atoms with Crippen molar-refractivity contribution < 1.29 is 29.2 Å². The van der Waals surface area contributed by atoms with Gasteiger partial charge in [-0.3, -0.25) is 4.57 Å². The SMILES string of the molecule is O=C(NC1CCCCC1)OC[C@H]1OC(n2cnc3c(NC4CCOC4)ncnc32)[C@H](O)[C@@H]1O. The summed E-state index contributed by atoms with van der Waals surface area (Å²) in [5.74, 6) is 0.571. The van der Waals surface area contributed by atoms with Crippen molar-refractivity contribution in [3.05, 3.63) is 12.7 Å². The van der Waals surface area contributed by atoms with E-state index >= 15 is 0 Å². The minimum absolute atomic E-state index is 0.120. The van der Waals surface area contributed by atoms with Crippen LogP contribution in [0.25, 0.3) is 11.2 Å². The maximum atomic E-state index is 12.1. The zero-order chi connectivity index (χ0) is 22.8. The summed E-state index contributed by atoms with van der Waals surface area (Å²) in [4.78, 5) is 25.1. The quantitative estimate of drug-likeness (QED) is 0.483. The Morgan fingerprint density at radius 2 is 1.97 bits per heavy atom. The maximum Gasteiger partial charge on any atom is 0.407 e. The van der Waals surface area contributed by atoms with Crippen LogP contribution in [0.1, 0.15) is 44.8 Å². The van der Waals surface area contributed by atoms with Crippen molar-refractivity contribution >= 4 is 23.1 Å². The van der Waals surface area contributed by atoms with Crippen molar-refractivity contribution in [1.82, 2.24) is 24.8 Å². The van der Waals surface area contributed by atoms with Crippen LogP contribution in [0.3, 0.4) is 0 Å². The highest BCUT2D eigenvalue weighted by Gasteiger charge is 2.45. The number of ether oxygens (including phenoxy) is 3. The Labute approximate surface area is 190 Å². The molecule has 0 spiro atoms. The first-order chi connectivity index (χ1) is 16.1. The Bertz CT molecular complexity index is 960. The fourth-order valence-corrected chi connectivity index (χ4v) is 4.70. The van der Waals surface area contributed by atoms with Gasteiger partial charge in [0.15, 0.2) is 23.2 Å². The Morgan fingerprint density at radius 1 is 1.12 bits per heavy atom. The molecule has 3 fully saturated rings. The van der Waals surface area contributed by atoms with Gasteiger partial charge in [-0.2, -0.15) is 0 Å². The standard InChI is InChI=1S/C21H30N6O6/c28-16-14(9-32-21(30)26-12-4-2-1-3-5-12)33-20(17(16)29)27-11-24-15-18(22-10-23-19(15)27)25-13-6-7-31-8-13/h10-14,16-17,20,28-29H,1-9H2,(H,26,30)(H,22,23,25)/t13?,14-,16-,17-,20?/m1/s1. The van der Waals surface area contributed by atoms with Crippen LogP contribution < -0.4 is 10.6 Å². The second kappa shape index (κ2) is 9.75. The fourth-order valence-electron chi connectivity index (χ4n) is 4.70. The van der Waals surface area contributed by atoms with Gasteiger partial charge in [-0.1, -0.05) is 19.3 Å². The predicted octanol–water partition coefficient (Wildman–Crippen LogP) is 0.705. The molecule has 2 aromatic rings. The average molecular weight is 463 g/mol. The number of carbonyl (C=O) groups is 1. The third-order valence-corrected chi connectivity index (χ3v) is 6.55. The molecule has 3 aliphatic rings. The molecular weight excluding hydrogens is 432 g/mol. The second-order valence-corrected chi connectivity index (χ2v) is 8.88. The lowest BCUT2D eigenvalue weighted by Gasteiger charge is -2.23. The van der Waals surface area contributed by atoms with Crippen LogP contribution >= 0.6 is 0 Å². The number of fused-ring (bicyclic) bond motifs is 1. The average Bonchev–Trinajstić information content (AvgIpc) is 3.55. The van der Waals surface area contributed by atoms with Gasteiger partial charge in [0.2, 0.25) is 0 Å². The van der Waals surface area contributed by atoms with Crippen LogP contribution in [0.2, 0.25) is 0 Å². The van der Waals surface area contributed by atoms with Crippen molar-refractivity contribution in [2.75, 3.05) is 25.1 Å². The van der Waals surface area contributed by atoms with E-state index in [9.17, 15) is 15.0 Å². The summed E-state index contributed by atoms with van der Waals surface area (Å²) in [6, 6.07) is 0.263. The minimum Gasteiger partial charge on any atom is -0.447 e. The molecule has 1 amide bonds. The predicted molar refractivity (Wildman–Crippen MR) is 115 cm³/mol. The van der Waals surface area contributed by atoms with Crippen LogP contribution in [-0.2, 0) is 14.2 Å². The smallest absolute Gasteiger partial charge is 0.407 e. The van der Waals surface area contributed by atoms with Crippen molar-refractivity contribution in [3.63, 3.8) is 0 Å². The first-order valence-electron chi connectivity index (χ1n) is 11.6. The molecule has 2 aliphatic heterocycles. The van der Waals surface area contributed by atoms with Crippen LogP contribution in [0.4, 0.5) is 10.6 Å². The lowest BCUT2D eigenvalue weighted by molar-refractivity contribution is -0.0535. The van der Waals surface area contributed by atoms with E-state index in [2.05, 4.69) is 25.6 Å². The number of amides is 1. The lowest BCUT2D eigenvalue weighted by atomic mass is 9.96. The normalized spacial score (nSPS) is 30.5. The second-order valence-electron chi connectivity index (χ2n) is 8.88. The van der Waals surface area contributed by atoms with Gasteiger partial charge in [-0.05, 0) is 19.3 Å². The summed E-state index contributed by atoms with van der Waals surface area (Å²) < 4.78 is 18.1. The summed E-state index contributed by atoms with van der Waals surface area (Å²) in [7, 11) is 0. The van der Waals surface area contributed by atoms with Crippen LogP contribution in [0.15, 0.2) is 12.7 Å². The van der Waals surface area contributed by atoms with Crippen molar-refractivity contribution in [3.8, 4) is 0 Å². The van der Waals surface area contributed by atoms with Crippen LogP contribution in [-0.4, -0.2) is 86.0 Å². The van der Waals surface area contributed by atoms with Gasteiger partial charge in [-0.25, -0.2) is 19.7 Å². The van der Waals surface area contributed by atoms with Gasteiger partial charge in [0.25, 0.3) is 0 Å². The molecule has 4 heterocycles. The number of rotatable bonds is 6. The number of aliphatic hydroxyl groups excluding tert-OH is 2. The molecule has 12 nitrogen and oxygen atoms in total. The molecule has 180 valence electrons. The summed E-state index contributed by atoms with van der Waals surface area (Å²) >= 11 is 0. The first-order valence-corrected chi connectivity index (χ1v) is 11.6. The third-order valence-electron chi connectivity index (χ3n) is 6.55. The summed E-state index contributed by atoms with van der Waals surface area (Å²) in [6.45, 7) is 1.12. The van der Waals surface area contributed by atoms with Crippen LogP contribution in [0, 0.1) is 0 Å². The topological polar surface area (TPSA) is 153 Å². The molecule has 12 heteroatoms. The first kappa shape index (κ1) is 22.3. The Hall–Kier alpha value is -2.54. The largest absolute Gasteiger partial charge is 0.447 e. The highest BCUT2D eigenvalue weighted by Crippen LogP contribution is 2.32.